The largest absolute Gasteiger partial charge is 0.309 e. The lowest BCUT2D eigenvalue weighted by molar-refractivity contribution is 1.30. The first-order valence-electron chi connectivity index (χ1n) is 22.6. The third kappa shape index (κ3) is 6.62. The molecule has 12 aromatic carbocycles. The van der Waals surface area contributed by atoms with Crippen molar-refractivity contribution in [3.8, 4) is 44.5 Å². The lowest BCUT2D eigenvalue weighted by Gasteiger charge is -2.27. The van der Waals surface area contributed by atoms with Gasteiger partial charge in [0.05, 0.1) is 10.4 Å². The van der Waals surface area contributed by atoms with E-state index in [1.807, 2.05) is 11.3 Å². The Kier molecular flexibility index (Phi) is 9.11. The Hall–Kier alpha value is -8.30. The van der Waals surface area contributed by atoms with Gasteiger partial charge in [0, 0.05) is 26.8 Å². The summed E-state index contributed by atoms with van der Waals surface area (Å²) in [6, 6.07) is 91.5. The molecule has 308 valence electrons. The number of anilines is 3. The molecule has 2 heteroatoms. The normalized spacial score (nSPS) is 11.6. The fraction of sp³-hybridized carbons (Fsp3) is 0. The maximum atomic E-state index is 2.47. The molecule has 13 aromatic rings. The fourth-order valence-electron chi connectivity index (χ4n) is 10.0. The maximum absolute atomic E-state index is 2.47. The number of thiophene rings is 1. The van der Waals surface area contributed by atoms with Crippen molar-refractivity contribution in [3.05, 3.63) is 249 Å². The molecule has 1 heterocycles. The number of rotatable bonds is 7. The molecular weight excluding hydrogens is 815 g/mol. The Balaban J connectivity index is 0.938. The van der Waals surface area contributed by atoms with Crippen LogP contribution in [0.1, 0.15) is 0 Å². The van der Waals surface area contributed by atoms with Crippen LogP contribution < -0.4 is 4.90 Å². The van der Waals surface area contributed by atoms with Gasteiger partial charge in [0.15, 0.2) is 0 Å². The third-order valence-corrected chi connectivity index (χ3v) is 14.6. The van der Waals surface area contributed by atoms with E-state index in [1.165, 1.54) is 113 Å². The number of benzene rings is 12. The van der Waals surface area contributed by atoms with E-state index >= 15 is 0 Å². The maximum Gasteiger partial charge on any atom is 0.0646 e. The predicted molar refractivity (Wildman–Crippen MR) is 286 cm³/mol. The van der Waals surface area contributed by atoms with Gasteiger partial charge >= 0.3 is 0 Å². The standard InChI is InChI=1S/C64H41NS/c1-2-13-46(14-3-1)59-19-10-20-60-62-58-18-9-8-17-55(58)41-61(64(62)66-63(59)60)65(56-33-29-44(30-34-56)49-23-21-42-11-4-6-15-47(42)37-49)57-35-31-45(32-36-57)50-25-26-53-40-54(28-27-52(53)39-50)51-24-22-43-12-5-7-16-48(43)38-51/h1-41H. The van der Waals surface area contributed by atoms with Crippen molar-refractivity contribution in [3.63, 3.8) is 0 Å². The summed E-state index contributed by atoms with van der Waals surface area (Å²) in [4.78, 5) is 2.47. The minimum atomic E-state index is 1.11. The van der Waals surface area contributed by atoms with Crippen LogP contribution in [-0.4, -0.2) is 0 Å². The summed E-state index contributed by atoms with van der Waals surface area (Å²) in [6.45, 7) is 0. The van der Waals surface area contributed by atoms with Gasteiger partial charge in [-0.3, -0.25) is 0 Å². The van der Waals surface area contributed by atoms with E-state index in [-0.39, 0.29) is 0 Å². The first-order valence-corrected chi connectivity index (χ1v) is 23.5. The average Bonchev–Trinajstić information content (AvgIpc) is 3.79. The van der Waals surface area contributed by atoms with Crippen molar-refractivity contribution >= 4 is 91.7 Å². The zero-order valence-corrected chi connectivity index (χ0v) is 36.8. The van der Waals surface area contributed by atoms with Crippen molar-refractivity contribution in [2.75, 3.05) is 4.90 Å². The summed E-state index contributed by atoms with van der Waals surface area (Å²) in [5.41, 5.74) is 13.1. The van der Waals surface area contributed by atoms with E-state index in [9.17, 15) is 0 Å². The summed E-state index contributed by atoms with van der Waals surface area (Å²) < 4.78 is 2.58. The van der Waals surface area contributed by atoms with Gasteiger partial charge in [0.1, 0.15) is 0 Å². The molecule has 0 saturated heterocycles. The highest BCUT2D eigenvalue weighted by atomic mass is 32.1. The number of fused-ring (bicyclic) bond motifs is 8. The SMILES string of the molecule is c1ccc(-c2cccc3c2sc2c(N(c4ccc(-c5ccc6ccccc6c5)cc4)c4ccc(-c5ccc6cc(-c7ccc8ccccc8c7)ccc6c5)cc4)cc4ccccc4c23)cc1. The van der Waals surface area contributed by atoms with Crippen molar-refractivity contribution < 1.29 is 0 Å². The summed E-state index contributed by atoms with van der Waals surface area (Å²) in [7, 11) is 0. The van der Waals surface area contributed by atoms with E-state index < -0.39 is 0 Å². The molecule has 1 aromatic heterocycles. The van der Waals surface area contributed by atoms with Crippen LogP contribution in [0.25, 0.3) is 108 Å². The Morgan fingerprint density at radius 1 is 0.258 bits per heavy atom. The van der Waals surface area contributed by atoms with Crippen molar-refractivity contribution in [1.82, 2.24) is 0 Å². The van der Waals surface area contributed by atoms with Gasteiger partial charge in [-0.25, -0.2) is 0 Å². The monoisotopic (exact) mass is 855 g/mol. The Morgan fingerprint density at radius 2 is 0.682 bits per heavy atom. The molecule has 66 heavy (non-hydrogen) atoms. The predicted octanol–water partition coefficient (Wildman–Crippen LogP) is 18.8. The van der Waals surface area contributed by atoms with Crippen LogP contribution in [0, 0.1) is 0 Å². The van der Waals surface area contributed by atoms with Crippen LogP contribution in [0.15, 0.2) is 249 Å². The molecule has 0 bridgehead atoms. The Bertz CT molecular complexity index is 3980. The molecule has 0 aliphatic rings. The molecule has 0 fully saturated rings. The second-order valence-electron chi connectivity index (χ2n) is 17.3. The van der Waals surface area contributed by atoms with Gasteiger partial charge in [-0.15, -0.1) is 11.3 Å². The number of hydrogen-bond donors (Lipinski definition) is 0. The number of hydrogen-bond acceptors (Lipinski definition) is 2. The topological polar surface area (TPSA) is 3.24 Å². The highest BCUT2D eigenvalue weighted by Crippen LogP contribution is 2.50. The Labute approximate surface area is 387 Å². The van der Waals surface area contributed by atoms with Crippen molar-refractivity contribution in [1.29, 1.82) is 0 Å². The zero-order chi connectivity index (χ0) is 43.6. The van der Waals surface area contributed by atoms with Gasteiger partial charge in [0.2, 0.25) is 0 Å². The van der Waals surface area contributed by atoms with E-state index in [0.29, 0.717) is 0 Å². The average molecular weight is 856 g/mol. The molecule has 0 aliphatic heterocycles. The first-order chi connectivity index (χ1) is 32.7. The van der Waals surface area contributed by atoms with Gasteiger partial charge in [0.25, 0.3) is 0 Å². The summed E-state index contributed by atoms with van der Waals surface area (Å²) in [5.74, 6) is 0. The summed E-state index contributed by atoms with van der Waals surface area (Å²) >= 11 is 1.90. The molecule has 0 radical (unpaired) electrons. The molecule has 0 atom stereocenters. The quantitative estimate of drug-likeness (QED) is 0.154. The summed E-state index contributed by atoms with van der Waals surface area (Å²) in [5, 5.41) is 12.6. The van der Waals surface area contributed by atoms with E-state index in [0.717, 1.165) is 11.4 Å². The molecule has 0 aliphatic carbocycles. The van der Waals surface area contributed by atoms with Crippen LogP contribution in [0.3, 0.4) is 0 Å². The molecule has 0 saturated carbocycles. The minimum absolute atomic E-state index is 1.11. The molecule has 0 unspecified atom stereocenters. The molecule has 1 nitrogen and oxygen atoms in total. The van der Waals surface area contributed by atoms with Gasteiger partial charge in [-0.1, -0.05) is 194 Å². The van der Waals surface area contributed by atoms with Crippen LogP contribution in [0.2, 0.25) is 0 Å². The first kappa shape index (κ1) is 38.2. The van der Waals surface area contributed by atoms with E-state index in [2.05, 4.69) is 254 Å². The lowest BCUT2D eigenvalue weighted by atomic mass is 9.96. The second-order valence-corrected chi connectivity index (χ2v) is 18.3. The van der Waals surface area contributed by atoms with Gasteiger partial charge in [-0.05, 0) is 142 Å². The van der Waals surface area contributed by atoms with Gasteiger partial charge in [-0.2, -0.15) is 0 Å². The molecule has 0 amide bonds. The van der Waals surface area contributed by atoms with Crippen LogP contribution in [0.4, 0.5) is 17.1 Å². The Morgan fingerprint density at radius 3 is 1.24 bits per heavy atom. The smallest absolute Gasteiger partial charge is 0.0646 e. The number of nitrogens with zero attached hydrogens (tertiary/aromatic N) is 1. The van der Waals surface area contributed by atoms with Gasteiger partial charge < -0.3 is 4.90 Å². The summed E-state index contributed by atoms with van der Waals surface area (Å²) in [6.07, 6.45) is 0. The molecule has 13 rings (SSSR count). The molecular formula is C64H41NS. The van der Waals surface area contributed by atoms with Crippen molar-refractivity contribution in [2.45, 2.75) is 0 Å². The van der Waals surface area contributed by atoms with Crippen molar-refractivity contribution in [2.24, 2.45) is 0 Å². The molecule has 0 spiro atoms. The van der Waals surface area contributed by atoms with Crippen LogP contribution >= 0.6 is 11.3 Å². The van der Waals surface area contributed by atoms with Crippen LogP contribution in [-0.2, 0) is 0 Å². The highest BCUT2D eigenvalue weighted by Gasteiger charge is 2.22. The van der Waals surface area contributed by atoms with Crippen LogP contribution in [0.5, 0.6) is 0 Å². The lowest BCUT2D eigenvalue weighted by Crippen LogP contribution is -2.10. The fourth-order valence-corrected chi connectivity index (χ4v) is 11.4. The zero-order valence-electron chi connectivity index (χ0n) is 36.0. The highest BCUT2D eigenvalue weighted by molar-refractivity contribution is 7.27. The second kappa shape index (κ2) is 15.7. The van der Waals surface area contributed by atoms with E-state index in [4.69, 9.17) is 0 Å². The minimum Gasteiger partial charge on any atom is -0.309 e. The molecule has 0 N–H and O–H groups in total. The third-order valence-electron chi connectivity index (χ3n) is 13.4. The van der Waals surface area contributed by atoms with E-state index in [1.54, 1.807) is 0 Å².